The summed E-state index contributed by atoms with van der Waals surface area (Å²) in [4.78, 5) is 0. The second-order valence-corrected chi connectivity index (χ2v) is 2.75. The lowest BCUT2D eigenvalue weighted by Gasteiger charge is -1.96. The molecule has 1 aliphatic rings. The van der Waals surface area contributed by atoms with E-state index in [2.05, 4.69) is 4.74 Å². The maximum absolute atomic E-state index is 8.64. The number of hydrogen-bond acceptors (Lipinski definition) is 3. The van der Waals surface area contributed by atoms with E-state index >= 15 is 0 Å². The molecule has 0 spiro atoms. The first kappa shape index (κ1) is 10.2. The van der Waals surface area contributed by atoms with Crippen LogP contribution in [-0.4, -0.2) is 23.4 Å². The van der Waals surface area contributed by atoms with E-state index in [0.717, 1.165) is 24.3 Å². The topological polar surface area (TPSA) is 53.0 Å². The fourth-order valence-electron chi connectivity index (χ4n) is 0.750. The summed E-state index contributed by atoms with van der Waals surface area (Å²) in [6.45, 7) is 2.12. The normalized spacial score (nSPS) is 13.1. The van der Waals surface area contributed by atoms with Crippen LogP contribution in [0, 0.1) is 0 Å². The summed E-state index contributed by atoms with van der Waals surface area (Å²) in [7, 11) is 0. The van der Waals surface area contributed by atoms with Crippen LogP contribution in [-0.2, 0) is 18.0 Å². The third-order valence-corrected chi connectivity index (χ3v) is 1.59. The molecule has 2 N–H and O–H groups in total. The molecule has 1 aromatic carbocycles. The van der Waals surface area contributed by atoms with Gasteiger partial charge in [0.1, 0.15) is 0 Å². The Morgan fingerprint density at radius 3 is 1.38 bits per heavy atom. The van der Waals surface area contributed by atoms with Crippen LogP contribution in [0.2, 0.25) is 0 Å². The molecule has 1 fully saturated rings. The van der Waals surface area contributed by atoms with Gasteiger partial charge in [-0.2, -0.15) is 0 Å². The molecule has 1 saturated heterocycles. The molecule has 0 radical (unpaired) electrons. The zero-order valence-corrected chi connectivity index (χ0v) is 7.44. The van der Waals surface area contributed by atoms with Gasteiger partial charge < -0.3 is 14.9 Å². The molecule has 0 aromatic heterocycles. The average molecular weight is 182 g/mol. The third kappa shape index (κ3) is 4.62. The van der Waals surface area contributed by atoms with Crippen LogP contribution in [0.15, 0.2) is 24.3 Å². The monoisotopic (exact) mass is 182 g/mol. The number of ether oxygens (including phenoxy) is 1. The average Bonchev–Trinajstić information content (AvgIpc) is 3.05. The van der Waals surface area contributed by atoms with Crippen molar-refractivity contribution in [3.63, 3.8) is 0 Å². The Hall–Kier alpha value is -0.900. The summed E-state index contributed by atoms with van der Waals surface area (Å²) in [5, 5.41) is 17.3. The lowest BCUT2D eigenvalue weighted by molar-refractivity contribution is 0.278. The van der Waals surface area contributed by atoms with Gasteiger partial charge in [-0.1, -0.05) is 24.3 Å². The summed E-state index contributed by atoms with van der Waals surface area (Å²) in [5.74, 6) is 0. The first-order chi connectivity index (χ1) is 6.36. The minimum atomic E-state index is 0.0612. The first-order valence-electron chi connectivity index (χ1n) is 4.24. The highest BCUT2D eigenvalue weighted by Crippen LogP contribution is 2.03. The van der Waals surface area contributed by atoms with Crippen LogP contribution in [0.25, 0.3) is 0 Å². The van der Waals surface area contributed by atoms with Gasteiger partial charge in [-0.15, -0.1) is 0 Å². The highest BCUT2D eigenvalue weighted by Gasteiger charge is 1.94. The molecule has 3 nitrogen and oxygen atoms in total. The van der Waals surface area contributed by atoms with E-state index in [1.54, 1.807) is 24.3 Å². The van der Waals surface area contributed by atoms with Crippen molar-refractivity contribution in [3.05, 3.63) is 35.4 Å². The van der Waals surface area contributed by atoms with E-state index in [0.29, 0.717) is 0 Å². The molecule has 13 heavy (non-hydrogen) atoms. The Morgan fingerprint density at radius 1 is 0.923 bits per heavy atom. The summed E-state index contributed by atoms with van der Waals surface area (Å²) in [6, 6.07) is 7.19. The van der Waals surface area contributed by atoms with Gasteiger partial charge in [-0.25, -0.2) is 0 Å². The van der Waals surface area contributed by atoms with E-state index < -0.39 is 0 Å². The van der Waals surface area contributed by atoms with Gasteiger partial charge in [-0.05, 0) is 11.1 Å². The quantitative estimate of drug-likeness (QED) is 0.661. The van der Waals surface area contributed by atoms with E-state index in [1.807, 2.05) is 0 Å². The van der Waals surface area contributed by atoms with Crippen LogP contribution >= 0.6 is 0 Å². The molecule has 3 heteroatoms. The van der Waals surface area contributed by atoms with E-state index in [1.165, 1.54) is 0 Å². The second-order valence-electron chi connectivity index (χ2n) is 2.75. The Kier molecular flexibility index (Phi) is 4.46. The van der Waals surface area contributed by atoms with Gasteiger partial charge in [0.25, 0.3) is 0 Å². The molecule has 1 aromatic rings. The second kappa shape index (κ2) is 5.70. The smallest absolute Gasteiger partial charge is 0.0701 e. The standard InChI is InChI=1S/C8H10O2.C2H4O/c9-5-7-1-2-8(6-10)4-3-7;1-2-3-1/h1-4,9-10H,5-6H2;1-2H2. The van der Waals surface area contributed by atoms with E-state index in [9.17, 15) is 0 Å². The lowest BCUT2D eigenvalue weighted by atomic mass is 10.1. The third-order valence-electron chi connectivity index (χ3n) is 1.59. The van der Waals surface area contributed by atoms with Crippen LogP contribution in [0.5, 0.6) is 0 Å². The largest absolute Gasteiger partial charge is 0.392 e. The Bertz CT molecular complexity index is 203. The molecule has 0 amide bonds. The minimum Gasteiger partial charge on any atom is -0.392 e. The van der Waals surface area contributed by atoms with E-state index in [-0.39, 0.29) is 13.2 Å². The molecule has 1 heterocycles. The van der Waals surface area contributed by atoms with Crippen LogP contribution < -0.4 is 0 Å². The molecule has 0 saturated carbocycles. The fraction of sp³-hybridized carbons (Fsp3) is 0.400. The number of hydrogen-bond donors (Lipinski definition) is 2. The van der Waals surface area contributed by atoms with Crippen LogP contribution in [0.4, 0.5) is 0 Å². The summed E-state index contributed by atoms with van der Waals surface area (Å²) in [5.41, 5.74) is 1.74. The molecule has 0 unspecified atom stereocenters. The van der Waals surface area contributed by atoms with Gasteiger partial charge >= 0.3 is 0 Å². The molecule has 2 rings (SSSR count). The van der Waals surface area contributed by atoms with Crippen molar-refractivity contribution < 1.29 is 14.9 Å². The predicted octanol–water partition coefficient (Wildman–Crippen LogP) is 0.688. The zero-order chi connectivity index (χ0) is 9.52. The molecule has 0 bridgehead atoms. The summed E-state index contributed by atoms with van der Waals surface area (Å²) >= 11 is 0. The molecule has 0 aliphatic carbocycles. The van der Waals surface area contributed by atoms with Gasteiger partial charge in [0.2, 0.25) is 0 Å². The molecule has 0 atom stereocenters. The van der Waals surface area contributed by atoms with Crippen molar-refractivity contribution in [2.45, 2.75) is 13.2 Å². The number of aliphatic hydroxyl groups is 2. The molecule has 72 valence electrons. The maximum Gasteiger partial charge on any atom is 0.0701 e. The van der Waals surface area contributed by atoms with Crippen molar-refractivity contribution in [3.8, 4) is 0 Å². The van der Waals surface area contributed by atoms with Gasteiger partial charge in [0.05, 0.1) is 26.4 Å². The van der Waals surface area contributed by atoms with Crippen molar-refractivity contribution in [2.24, 2.45) is 0 Å². The van der Waals surface area contributed by atoms with Crippen LogP contribution in [0.1, 0.15) is 11.1 Å². The molecule has 1 aliphatic heterocycles. The van der Waals surface area contributed by atoms with Crippen molar-refractivity contribution in [1.82, 2.24) is 0 Å². The number of aliphatic hydroxyl groups excluding tert-OH is 2. The highest BCUT2D eigenvalue weighted by molar-refractivity contribution is 5.21. The number of rotatable bonds is 2. The Balaban J connectivity index is 0.000000236. The van der Waals surface area contributed by atoms with Crippen molar-refractivity contribution in [1.29, 1.82) is 0 Å². The highest BCUT2D eigenvalue weighted by atomic mass is 16.6. The fourth-order valence-corrected chi connectivity index (χ4v) is 0.750. The van der Waals surface area contributed by atoms with Crippen molar-refractivity contribution >= 4 is 0 Å². The van der Waals surface area contributed by atoms with E-state index in [4.69, 9.17) is 10.2 Å². The summed E-state index contributed by atoms with van der Waals surface area (Å²) in [6.07, 6.45) is 0. The number of epoxide rings is 1. The van der Waals surface area contributed by atoms with Gasteiger partial charge in [0.15, 0.2) is 0 Å². The number of benzene rings is 1. The molecular weight excluding hydrogens is 168 g/mol. The molecular formula is C10H14O3. The first-order valence-corrected chi connectivity index (χ1v) is 4.24. The van der Waals surface area contributed by atoms with Crippen molar-refractivity contribution in [2.75, 3.05) is 13.2 Å². The zero-order valence-electron chi connectivity index (χ0n) is 7.44. The summed E-state index contributed by atoms with van der Waals surface area (Å²) < 4.78 is 4.50. The maximum atomic E-state index is 8.64. The minimum absolute atomic E-state index is 0.0612. The Morgan fingerprint density at radius 2 is 1.23 bits per heavy atom. The predicted molar refractivity (Wildman–Crippen MR) is 49.1 cm³/mol. The van der Waals surface area contributed by atoms with Gasteiger partial charge in [0, 0.05) is 0 Å². The van der Waals surface area contributed by atoms with Crippen LogP contribution in [0.3, 0.4) is 0 Å². The Labute approximate surface area is 77.6 Å². The SMILES string of the molecule is C1CO1.OCc1ccc(CO)cc1. The lowest BCUT2D eigenvalue weighted by Crippen LogP contribution is -1.85. The van der Waals surface area contributed by atoms with Gasteiger partial charge in [-0.3, -0.25) is 0 Å².